The first-order valence-electron chi connectivity index (χ1n) is 10.5. The molecule has 0 aliphatic carbocycles. The van der Waals surface area contributed by atoms with Gasteiger partial charge in [-0.1, -0.05) is 17.7 Å². The number of hydrazine groups is 1. The molecule has 1 aliphatic rings. The number of alkyl halides is 3. The Morgan fingerprint density at radius 1 is 0.972 bits per heavy atom. The van der Waals surface area contributed by atoms with Gasteiger partial charge < -0.3 is 9.80 Å². The zero-order chi connectivity index (χ0) is 26.6. The van der Waals surface area contributed by atoms with Crippen molar-refractivity contribution in [2.45, 2.75) is 12.7 Å². The van der Waals surface area contributed by atoms with Gasteiger partial charge in [0, 0.05) is 43.0 Å². The normalized spacial score (nSPS) is 14.4. The van der Waals surface area contributed by atoms with Crippen molar-refractivity contribution >= 4 is 35.1 Å². The van der Waals surface area contributed by atoms with Crippen LogP contribution in [0.1, 0.15) is 15.9 Å². The van der Waals surface area contributed by atoms with Gasteiger partial charge in [-0.05, 0) is 37.4 Å². The fraction of sp³-hybridized carbons (Fsp3) is 0.318. The zero-order valence-corrected chi connectivity index (χ0v) is 19.6. The first kappa shape index (κ1) is 27.1. The van der Waals surface area contributed by atoms with E-state index in [-0.39, 0.29) is 28.4 Å². The maximum Gasteiger partial charge on any atom is 0.472 e. The van der Waals surface area contributed by atoms with Crippen molar-refractivity contribution in [3.8, 4) is 0 Å². The van der Waals surface area contributed by atoms with Crippen LogP contribution < -0.4 is 15.8 Å². The van der Waals surface area contributed by atoms with Crippen LogP contribution in [0.15, 0.2) is 36.4 Å². The average Bonchev–Trinajstić information content (AvgIpc) is 2.82. The van der Waals surface area contributed by atoms with Crippen molar-refractivity contribution in [3.63, 3.8) is 0 Å². The Bertz CT molecular complexity index is 1160. The fourth-order valence-electron chi connectivity index (χ4n) is 3.33. The van der Waals surface area contributed by atoms with Gasteiger partial charge in [0.2, 0.25) is 0 Å². The molecule has 0 unspecified atom stereocenters. The summed E-state index contributed by atoms with van der Waals surface area (Å²) < 4.78 is 65.4. The van der Waals surface area contributed by atoms with Gasteiger partial charge in [0.25, 0.3) is 5.91 Å². The molecule has 0 bridgehead atoms. The van der Waals surface area contributed by atoms with Gasteiger partial charge in [-0.15, -0.1) is 0 Å². The largest absolute Gasteiger partial charge is 0.472 e. The molecule has 0 aromatic heterocycles. The number of likely N-dealkylation sites (N-methyl/N-ethyl adjacent to an activating group) is 1. The van der Waals surface area contributed by atoms with E-state index in [0.29, 0.717) is 26.2 Å². The number of benzene rings is 2. The maximum atomic E-state index is 14.9. The Hall–Kier alpha value is -3.45. The Morgan fingerprint density at radius 2 is 1.64 bits per heavy atom. The van der Waals surface area contributed by atoms with Gasteiger partial charge in [0.1, 0.15) is 11.6 Å². The summed E-state index contributed by atoms with van der Waals surface area (Å²) in [5, 5.41) is -0.239. The number of hydrogen-bond acceptors (Lipinski definition) is 4. The predicted octanol–water partition coefficient (Wildman–Crippen LogP) is 3.32. The lowest BCUT2D eigenvalue weighted by Crippen LogP contribution is -2.52. The number of urea groups is 1. The molecular formula is C22H21ClF5N5O3. The molecule has 194 valence electrons. The number of carbonyl (C=O) groups is 3. The van der Waals surface area contributed by atoms with Crippen molar-refractivity contribution in [2.24, 2.45) is 0 Å². The third-order valence-electron chi connectivity index (χ3n) is 5.41. The Labute approximate surface area is 207 Å². The first-order valence-corrected chi connectivity index (χ1v) is 10.9. The summed E-state index contributed by atoms with van der Waals surface area (Å²) in [6, 6.07) is 6.18. The summed E-state index contributed by atoms with van der Waals surface area (Å²) in [6.45, 7) is 1.74. The van der Waals surface area contributed by atoms with Crippen LogP contribution in [0.25, 0.3) is 0 Å². The molecule has 36 heavy (non-hydrogen) atoms. The monoisotopic (exact) mass is 533 g/mol. The maximum absolute atomic E-state index is 14.9. The topological polar surface area (TPSA) is 85.0 Å². The fourth-order valence-corrected chi connectivity index (χ4v) is 3.51. The number of hydrogen-bond donors (Lipinski definition) is 2. The van der Waals surface area contributed by atoms with Crippen LogP contribution in [0, 0.1) is 11.6 Å². The highest BCUT2D eigenvalue weighted by Gasteiger charge is 2.39. The number of rotatable bonds is 4. The molecule has 8 nitrogen and oxygen atoms in total. The summed E-state index contributed by atoms with van der Waals surface area (Å²) >= 11 is 5.89. The Morgan fingerprint density at radius 3 is 2.22 bits per heavy atom. The second kappa shape index (κ2) is 11.1. The predicted molar refractivity (Wildman–Crippen MR) is 120 cm³/mol. The molecule has 1 heterocycles. The highest BCUT2D eigenvalue weighted by molar-refractivity contribution is 6.31. The van der Waals surface area contributed by atoms with Gasteiger partial charge in [-0.2, -0.15) is 13.2 Å². The second-order valence-corrected chi connectivity index (χ2v) is 8.38. The Balaban J connectivity index is 1.81. The zero-order valence-electron chi connectivity index (χ0n) is 18.8. The lowest BCUT2D eigenvalue weighted by Gasteiger charge is -2.36. The van der Waals surface area contributed by atoms with Gasteiger partial charge in [0.05, 0.1) is 11.6 Å². The molecule has 14 heteroatoms. The molecule has 1 aliphatic heterocycles. The minimum atomic E-state index is -5.22. The smallest absolute Gasteiger partial charge is 0.322 e. The highest BCUT2D eigenvalue weighted by atomic mass is 35.5. The van der Waals surface area contributed by atoms with Gasteiger partial charge in [-0.25, -0.2) is 13.6 Å². The van der Waals surface area contributed by atoms with Crippen molar-refractivity contribution < 1.29 is 36.3 Å². The third-order valence-corrected chi connectivity index (χ3v) is 5.70. The molecule has 2 aromatic rings. The molecule has 4 amide bonds. The lowest BCUT2D eigenvalue weighted by molar-refractivity contribution is -0.174. The van der Waals surface area contributed by atoms with E-state index in [4.69, 9.17) is 11.6 Å². The van der Waals surface area contributed by atoms with Crippen LogP contribution in [0.3, 0.4) is 0 Å². The van der Waals surface area contributed by atoms with Crippen LogP contribution in [0.2, 0.25) is 5.02 Å². The van der Waals surface area contributed by atoms with Crippen molar-refractivity contribution in [1.29, 1.82) is 0 Å². The van der Waals surface area contributed by atoms with Gasteiger partial charge in [-0.3, -0.25) is 25.3 Å². The van der Waals surface area contributed by atoms with E-state index >= 15 is 0 Å². The van der Waals surface area contributed by atoms with E-state index in [0.717, 1.165) is 18.2 Å². The number of anilines is 1. The van der Waals surface area contributed by atoms with Gasteiger partial charge in [0.15, 0.2) is 0 Å². The number of carbonyl (C=O) groups excluding carboxylic acids is 3. The van der Waals surface area contributed by atoms with E-state index < -0.39 is 35.7 Å². The van der Waals surface area contributed by atoms with Crippen molar-refractivity contribution in [3.05, 3.63) is 64.2 Å². The van der Waals surface area contributed by atoms with E-state index in [1.165, 1.54) is 28.5 Å². The SMILES string of the molecule is CN1CCN(C(=O)N(Cc2ccc(C(=O)NNC(=O)C(F)(F)F)cc2F)c2ccc(F)c(Cl)c2)CC1. The van der Waals surface area contributed by atoms with E-state index in [2.05, 4.69) is 0 Å². The molecule has 2 aromatic carbocycles. The Kier molecular flexibility index (Phi) is 8.35. The van der Waals surface area contributed by atoms with E-state index in [1.807, 2.05) is 11.9 Å². The molecular weight excluding hydrogens is 513 g/mol. The standard InChI is InChI=1S/C22H21ClF5N5O3/c1-31-6-8-32(9-7-31)21(36)33(15-4-5-17(24)16(23)11-15)12-14-3-2-13(10-18(14)25)19(34)29-30-20(35)22(26,27)28/h2-5,10-11H,6-9,12H2,1H3,(H,29,34)(H,30,35). The minimum Gasteiger partial charge on any atom is -0.322 e. The van der Waals surface area contributed by atoms with Crippen LogP contribution in [0.4, 0.5) is 32.4 Å². The summed E-state index contributed by atoms with van der Waals surface area (Å²) in [5.74, 6) is -5.22. The molecule has 0 saturated carbocycles. The van der Waals surface area contributed by atoms with Crippen LogP contribution in [-0.4, -0.2) is 67.0 Å². The molecule has 1 fully saturated rings. The number of halogens is 6. The third kappa shape index (κ3) is 6.61. The van der Waals surface area contributed by atoms with Crippen molar-refractivity contribution in [1.82, 2.24) is 20.7 Å². The number of piperazine rings is 1. The molecule has 0 spiro atoms. The van der Waals surface area contributed by atoms with Crippen LogP contribution in [-0.2, 0) is 11.3 Å². The minimum absolute atomic E-state index is 0.0335. The number of nitrogens with zero attached hydrogens (tertiary/aromatic N) is 3. The molecule has 0 radical (unpaired) electrons. The molecule has 1 saturated heterocycles. The first-order chi connectivity index (χ1) is 16.9. The lowest BCUT2D eigenvalue weighted by atomic mass is 10.1. The number of amides is 4. The average molecular weight is 534 g/mol. The van der Waals surface area contributed by atoms with Crippen molar-refractivity contribution in [2.75, 3.05) is 38.1 Å². The quantitative estimate of drug-likeness (QED) is 0.466. The summed E-state index contributed by atoms with van der Waals surface area (Å²) in [5.41, 5.74) is 2.53. The second-order valence-electron chi connectivity index (χ2n) is 7.97. The summed E-state index contributed by atoms with van der Waals surface area (Å²) in [7, 11) is 1.90. The molecule has 3 rings (SSSR count). The summed E-state index contributed by atoms with van der Waals surface area (Å²) in [4.78, 5) is 40.9. The van der Waals surface area contributed by atoms with Gasteiger partial charge >= 0.3 is 18.1 Å². The van der Waals surface area contributed by atoms with E-state index in [1.54, 1.807) is 10.3 Å². The summed E-state index contributed by atoms with van der Waals surface area (Å²) in [6.07, 6.45) is -5.22. The molecule has 0 atom stereocenters. The number of nitrogens with one attached hydrogen (secondary N) is 2. The van der Waals surface area contributed by atoms with E-state index in [9.17, 15) is 36.3 Å². The highest BCUT2D eigenvalue weighted by Crippen LogP contribution is 2.26. The van der Waals surface area contributed by atoms with Crippen LogP contribution in [0.5, 0.6) is 0 Å². The molecule has 2 N–H and O–H groups in total. The van der Waals surface area contributed by atoms with Crippen LogP contribution >= 0.6 is 11.6 Å².